The van der Waals surface area contributed by atoms with Crippen molar-refractivity contribution in [2.24, 2.45) is 10.7 Å². The van der Waals surface area contributed by atoms with Crippen LogP contribution < -0.4 is 20.9 Å². The van der Waals surface area contributed by atoms with Gasteiger partial charge in [-0.2, -0.15) is 5.43 Å². The lowest BCUT2D eigenvalue weighted by Gasteiger charge is -2.29. The number of nitrogens with zero attached hydrogens (tertiary/aromatic N) is 2. The Morgan fingerprint density at radius 3 is 2.28 bits per heavy atom. The molecule has 29 heavy (non-hydrogen) atoms. The van der Waals surface area contributed by atoms with Crippen molar-refractivity contribution >= 4 is 12.0 Å². The zero-order valence-corrected chi connectivity index (χ0v) is 15.8. The smallest absolute Gasteiger partial charge is 0.406 e. The van der Waals surface area contributed by atoms with Gasteiger partial charge < -0.3 is 10.5 Å². The quantitative estimate of drug-likeness (QED) is 0.781. The number of nitrogens with two attached hydrogens (primary N) is 1. The maximum absolute atomic E-state index is 12.3. The summed E-state index contributed by atoms with van der Waals surface area (Å²) in [6.45, 7) is 0. The van der Waals surface area contributed by atoms with E-state index >= 15 is 0 Å². The van der Waals surface area contributed by atoms with Gasteiger partial charge in [0.2, 0.25) is 0 Å². The average Bonchev–Trinajstić information content (AvgIpc) is 3.18. The molecule has 1 heterocycles. The molecular weight excluding hydrogens is 381 g/mol. The van der Waals surface area contributed by atoms with Gasteiger partial charge in [0.15, 0.2) is 0 Å². The van der Waals surface area contributed by atoms with E-state index in [9.17, 15) is 13.2 Å². The molecule has 0 saturated heterocycles. The highest BCUT2D eigenvalue weighted by Gasteiger charge is 2.31. The third-order valence-corrected chi connectivity index (χ3v) is 5.44. The number of nitrogens with one attached hydrogen (secondary N) is 1. The molecule has 2 aromatic rings. The van der Waals surface area contributed by atoms with Crippen molar-refractivity contribution in [2.45, 2.75) is 50.2 Å². The molecule has 0 radical (unpaired) electrons. The third kappa shape index (κ3) is 4.71. The molecule has 0 amide bonds. The van der Waals surface area contributed by atoms with Crippen LogP contribution in [0.15, 0.2) is 53.5 Å². The van der Waals surface area contributed by atoms with Gasteiger partial charge in [0.25, 0.3) is 0 Å². The molecule has 3 atom stereocenters. The summed E-state index contributed by atoms with van der Waals surface area (Å²) in [7, 11) is 0. The van der Waals surface area contributed by atoms with Gasteiger partial charge in [0.05, 0.1) is 5.69 Å². The first-order valence-electron chi connectivity index (χ1n) is 9.69. The lowest BCUT2D eigenvalue weighted by Crippen LogP contribution is -2.33. The fourth-order valence-corrected chi connectivity index (χ4v) is 3.94. The van der Waals surface area contributed by atoms with Gasteiger partial charge in [-0.3, -0.25) is 5.01 Å². The number of hydrogen-bond acceptors (Lipinski definition) is 5. The summed E-state index contributed by atoms with van der Waals surface area (Å²) in [5, 5.41) is 1.67. The third-order valence-electron chi connectivity index (χ3n) is 5.44. The Hall–Kier alpha value is -2.58. The highest BCUT2D eigenvalue weighted by atomic mass is 19.4. The summed E-state index contributed by atoms with van der Waals surface area (Å²) in [5.41, 5.74) is 12.4. The molecule has 1 aliphatic carbocycles. The predicted octanol–water partition coefficient (Wildman–Crippen LogP) is 4.62. The van der Waals surface area contributed by atoms with Crippen molar-refractivity contribution < 1.29 is 17.9 Å². The zero-order valence-electron chi connectivity index (χ0n) is 15.8. The SMILES string of the molecule is NC1CCCCC1c1ccc(C2N=CN(c3ccc(OC(F)(F)F)cc3)N2)cc1. The second-order valence-corrected chi connectivity index (χ2v) is 7.43. The van der Waals surface area contributed by atoms with Crippen molar-refractivity contribution in [2.75, 3.05) is 5.01 Å². The number of hydrazine groups is 1. The van der Waals surface area contributed by atoms with Crippen molar-refractivity contribution in [1.29, 1.82) is 0 Å². The summed E-state index contributed by atoms with van der Waals surface area (Å²) in [6.07, 6.45) is 1.29. The standard InChI is InChI=1S/C21H23F3N4O/c22-21(23,24)29-17-11-9-16(10-12-17)28-13-26-20(27-28)15-7-5-14(6-8-15)18-3-1-2-4-19(18)25/h5-13,18-20,27H,1-4,25H2. The van der Waals surface area contributed by atoms with Crippen molar-refractivity contribution in [3.63, 3.8) is 0 Å². The first-order chi connectivity index (χ1) is 13.9. The van der Waals surface area contributed by atoms with E-state index in [-0.39, 0.29) is 18.0 Å². The zero-order chi connectivity index (χ0) is 20.4. The van der Waals surface area contributed by atoms with E-state index < -0.39 is 6.36 Å². The molecule has 2 aliphatic rings. The number of ether oxygens (including phenoxy) is 1. The fourth-order valence-electron chi connectivity index (χ4n) is 3.94. The van der Waals surface area contributed by atoms with E-state index in [0.29, 0.717) is 11.6 Å². The lowest BCUT2D eigenvalue weighted by molar-refractivity contribution is -0.274. The van der Waals surface area contributed by atoms with Gasteiger partial charge in [-0.05, 0) is 54.2 Å². The first kappa shape index (κ1) is 19.7. The van der Waals surface area contributed by atoms with Crippen LogP contribution in [-0.4, -0.2) is 18.7 Å². The molecule has 0 spiro atoms. The number of alkyl halides is 3. The fraction of sp³-hybridized carbons (Fsp3) is 0.381. The normalized spacial score (nSPS) is 24.7. The topological polar surface area (TPSA) is 62.9 Å². The van der Waals surface area contributed by atoms with E-state index in [0.717, 1.165) is 18.4 Å². The Bertz CT molecular complexity index is 852. The highest BCUT2D eigenvalue weighted by Crippen LogP contribution is 2.33. The summed E-state index contributed by atoms with van der Waals surface area (Å²) < 4.78 is 40.7. The van der Waals surface area contributed by atoms with Crippen LogP contribution in [0.4, 0.5) is 18.9 Å². The average molecular weight is 404 g/mol. The van der Waals surface area contributed by atoms with Gasteiger partial charge in [0, 0.05) is 6.04 Å². The highest BCUT2D eigenvalue weighted by molar-refractivity contribution is 5.80. The van der Waals surface area contributed by atoms with E-state index in [1.165, 1.54) is 42.7 Å². The Morgan fingerprint density at radius 2 is 1.62 bits per heavy atom. The van der Waals surface area contributed by atoms with Crippen LogP contribution in [0.3, 0.4) is 0 Å². The molecule has 3 unspecified atom stereocenters. The Balaban J connectivity index is 1.39. The maximum Gasteiger partial charge on any atom is 0.573 e. The number of halogens is 3. The van der Waals surface area contributed by atoms with E-state index in [1.54, 1.807) is 11.3 Å². The van der Waals surface area contributed by atoms with Crippen molar-refractivity contribution in [3.05, 3.63) is 59.7 Å². The Morgan fingerprint density at radius 1 is 0.966 bits per heavy atom. The summed E-state index contributed by atoms with van der Waals surface area (Å²) >= 11 is 0. The molecule has 1 aliphatic heterocycles. The van der Waals surface area contributed by atoms with Crippen LogP contribution in [0.1, 0.15) is 48.9 Å². The van der Waals surface area contributed by atoms with Gasteiger partial charge in [-0.15, -0.1) is 13.2 Å². The van der Waals surface area contributed by atoms with Crippen molar-refractivity contribution in [1.82, 2.24) is 5.43 Å². The molecule has 8 heteroatoms. The summed E-state index contributed by atoms with van der Waals surface area (Å²) in [5.74, 6) is 0.150. The van der Waals surface area contributed by atoms with Gasteiger partial charge >= 0.3 is 6.36 Å². The molecular formula is C21H23F3N4O. The number of hydrogen-bond donors (Lipinski definition) is 2. The molecule has 4 rings (SSSR count). The molecule has 1 saturated carbocycles. The van der Waals surface area contributed by atoms with Gasteiger partial charge in [-0.1, -0.05) is 37.1 Å². The van der Waals surface area contributed by atoms with E-state index in [4.69, 9.17) is 5.73 Å². The van der Waals surface area contributed by atoms with Gasteiger partial charge in [-0.25, -0.2) is 4.99 Å². The van der Waals surface area contributed by atoms with Crippen LogP contribution in [0, 0.1) is 0 Å². The van der Waals surface area contributed by atoms with Crippen LogP contribution in [0.25, 0.3) is 0 Å². The molecule has 154 valence electrons. The molecule has 5 nitrogen and oxygen atoms in total. The molecule has 3 N–H and O–H groups in total. The second kappa shape index (κ2) is 8.04. The number of aliphatic imine (C=N–C) groups is 1. The van der Waals surface area contributed by atoms with Crippen LogP contribution >= 0.6 is 0 Å². The number of anilines is 1. The maximum atomic E-state index is 12.3. The predicted molar refractivity (Wildman–Crippen MR) is 106 cm³/mol. The summed E-state index contributed by atoms with van der Waals surface area (Å²) in [6, 6.07) is 14.2. The monoisotopic (exact) mass is 404 g/mol. The largest absolute Gasteiger partial charge is 0.573 e. The van der Waals surface area contributed by atoms with Crippen LogP contribution in [0.5, 0.6) is 5.75 Å². The minimum atomic E-state index is -4.70. The van der Waals surface area contributed by atoms with Crippen LogP contribution in [-0.2, 0) is 0 Å². The second-order valence-electron chi connectivity index (χ2n) is 7.43. The number of rotatable bonds is 4. The molecule has 0 bridgehead atoms. The first-order valence-corrected chi connectivity index (χ1v) is 9.69. The Kier molecular flexibility index (Phi) is 5.47. The van der Waals surface area contributed by atoms with Gasteiger partial charge in [0.1, 0.15) is 18.3 Å². The molecule has 1 fully saturated rings. The van der Waals surface area contributed by atoms with E-state index in [2.05, 4.69) is 39.4 Å². The molecule has 2 aromatic carbocycles. The lowest BCUT2D eigenvalue weighted by atomic mass is 9.80. The van der Waals surface area contributed by atoms with Crippen LogP contribution in [0.2, 0.25) is 0 Å². The van der Waals surface area contributed by atoms with E-state index in [1.807, 2.05) is 0 Å². The minimum Gasteiger partial charge on any atom is -0.406 e. The summed E-state index contributed by atoms with van der Waals surface area (Å²) in [4.78, 5) is 4.46. The number of benzene rings is 2. The minimum absolute atomic E-state index is 0.219. The Labute approximate surface area is 167 Å². The molecule has 0 aromatic heterocycles. The van der Waals surface area contributed by atoms with Crippen molar-refractivity contribution in [3.8, 4) is 5.75 Å².